The number of primary amides is 1. The number of rotatable bonds is 11. The summed E-state index contributed by atoms with van der Waals surface area (Å²) in [5.74, 6) is -1.58. The highest BCUT2D eigenvalue weighted by Crippen LogP contribution is 2.36. The van der Waals surface area contributed by atoms with Gasteiger partial charge in [-0.2, -0.15) is 0 Å². The van der Waals surface area contributed by atoms with Gasteiger partial charge in [0, 0.05) is 12.6 Å². The topological polar surface area (TPSA) is 131 Å². The molecule has 0 saturated heterocycles. The van der Waals surface area contributed by atoms with Gasteiger partial charge in [0.1, 0.15) is 17.7 Å². The molecule has 2 rings (SSSR count). The highest BCUT2D eigenvalue weighted by Gasteiger charge is 2.44. The number of carbonyl (C=O) groups is 4. The molecule has 0 radical (unpaired) electrons. The molecule has 1 aromatic rings. The smallest absolute Gasteiger partial charge is 0.408 e. The number of aryl methyl sites for hydroxylation is 2. The summed E-state index contributed by atoms with van der Waals surface area (Å²) in [4.78, 5) is 53.0. The van der Waals surface area contributed by atoms with Crippen molar-refractivity contribution < 1.29 is 23.9 Å². The van der Waals surface area contributed by atoms with E-state index in [-0.39, 0.29) is 11.9 Å². The summed E-state index contributed by atoms with van der Waals surface area (Å²) in [7, 11) is 0. The van der Waals surface area contributed by atoms with Gasteiger partial charge in [-0.3, -0.25) is 14.4 Å². The van der Waals surface area contributed by atoms with Crippen LogP contribution in [-0.2, 0) is 19.1 Å². The number of nitrogens with one attached hydrogen (secondary N) is 2. The zero-order valence-corrected chi connectivity index (χ0v) is 21.8. The van der Waals surface area contributed by atoms with Crippen molar-refractivity contribution in [2.24, 2.45) is 5.73 Å². The van der Waals surface area contributed by atoms with Crippen LogP contribution in [0.2, 0.25) is 0 Å². The maximum atomic E-state index is 13.8. The van der Waals surface area contributed by atoms with Crippen LogP contribution in [-0.4, -0.2) is 52.9 Å². The number of hydrogen-bond acceptors (Lipinski definition) is 5. The summed E-state index contributed by atoms with van der Waals surface area (Å²) < 4.78 is 5.29. The van der Waals surface area contributed by atoms with Crippen LogP contribution in [0, 0.1) is 13.8 Å². The van der Waals surface area contributed by atoms with Crippen molar-refractivity contribution in [2.75, 3.05) is 6.54 Å². The molecule has 0 bridgehead atoms. The summed E-state index contributed by atoms with van der Waals surface area (Å²) in [6.07, 6.45) is 1.95. The largest absolute Gasteiger partial charge is 0.444 e. The Morgan fingerprint density at radius 3 is 2.31 bits per heavy atom. The molecule has 4 amide bonds. The Bertz CT molecular complexity index is 936. The van der Waals surface area contributed by atoms with E-state index in [2.05, 4.69) is 10.6 Å². The lowest BCUT2D eigenvalue weighted by atomic mass is 9.98. The predicted octanol–water partition coefficient (Wildman–Crippen LogP) is 3.02. The van der Waals surface area contributed by atoms with E-state index in [4.69, 9.17) is 10.5 Å². The van der Waals surface area contributed by atoms with Crippen LogP contribution in [0.15, 0.2) is 18.2 Å². The number of unbranched alkanes of at least 4 members (excludes halogenated alkanes) is 1. The third-order valence-corrected chi connectivity index (χ3v) is 5.79. The van der Waals surface area contributed by atoms with Gasteiger partial charge in [-0.1, -0.05) is 31.5 Å². The second-order valence-corrected chi connectivity index (χ2v) is 10.2. The molecule has 1 saturated carbocycles. The SMILES string of the molecule is CCCCNC(=O)C(c1ccc(C)c(C)c1)N(C(=O)C(CC(N)=O)NC(=O)OC(C)(C)C)C1CC1. The predicted molar refractivity (Wildman–Crippen MR) is 133 cm³/mol. The van der Waals surface area contributed by atoms with Crippen molar-refractivity contribution in [1.82, 2.24) is 15.5 Å². The lowest BCUT2D eigenvalue weighted by Crippen LogP contribution is -2.54. The molecule has 1 aliphatic rings. The molecule has 0 aromatic heterocycles. The molecule has 1 aromatic carbocycles. The molecule has 0 spiro atoms. The fourth-order valence-electron chi connectivity index (χ4n) is 3.76. The maximum absolute atomic E-state index is 13.8. The Kier molecular flexibility index (Phi) is 9.68. The van der Waals surface area contributed by atoms with E-state index in [1.54, 1.807) is 20.8 Å². The summed E-state index contributed by atoms with van der Waals surface area (Å²) in [6, 6.07) is 3.35. The lowest BCUT2D eigenvalue weighted by molar-refractivity contribution is -0.144. The van der Waals surface area contributed by atoms with Gasteiger partial charge in [0.25, 0.3) is 0 Å². The average molecular weight is 489 g/mol. The highest BCUT2D eigenvalue weighted by atomic mass is 16.6. The average Bonchev–Trinajstić information content (AvgIpc) is 3.56. The number of amides is 4. The van der Waals surface area contributed by atoms with Crippen LogP contribution in [0.25, 0.3) is 0 Å². The van der Waals surface area contributed by atoms with Crippen molar-refractivity contribution in [3.63, 3.8) is 0 Å². The monoisotopic (exact) mass is 488 g/mol. The van der Waals surface area contributed by atoms with Crippen molar-refractivity contribution >= 4 is 23.8 Å². The molecule has 2 unspecified atom stereocenters. The van der Waals surface area contributed by atoms with E-state index in [1.807, 2.05) is 39.0 Å². The van der Waals surface area contributed by atoms with Gasteiger partial charge in [0.15, 0.2) is 0 Å². The Balaban J connectivity index is 2.44. The minimum absolute atomic E-state index is 0.179. The van der Waals surface area contributed by atoms with Crippen LogP contribution in [0.4, 0.5) is 4.79 Å². The first-order chi connectivity index (χ1) is 16.3. The molecule has 1 fully saturated rings. The highest BCUT2D eigenvalue weighted by molar-refractivity contribution is 5.95. The number of ether oxygens (including phenoxy) is 1. The quantitative estimate of drug-likeness (QED) is 0.412. The van der Waals surface area contributed by atoms with Crippen LogP contribution < -0.4 is 16.4 Å². The molecule has 194 valence electrons. The first kappa shape index (κ1) is 28.1. The van der Waals surface area contributed by atoms with Gasteiger partial charge in [0.2, 0.25) is 17.7 Å². The van der Waals surface area contributed by atoms with Gasteiger partial charge in [-0.15, -0.1) is 0 Å². The van der Waals surface area contributed by atoms with Crippen LogP contribution in [0.5, 0.6) is 0 Å². The van der Waals surface area contributed by atoms with Crippen molar-refractivity contribution in [3.05, 3.63) is 34.9 Å². The van der Waals surface area contributed by atoms with Crippen LogP contribution in [0.1, 0.15) is 82.5 Å². The molecule has 1 aliphatic carbocycles. The first-order valence-electron chi connectivity index (χ1n) is 12.3. The number of nitrogens with zero attached hydrogens (tertiary/aromatic N) is 1. The standard InChI is InChI=1S/C26H40N4O5/c1-7-8-13-28-23(32)22(18-10-9-16(2)17(3)14-18)30(19-11-12-19)24(33)20(15-21(27)31)29-25(34)35-26(4,5)6/h9-10,14,19-20,22H,7-8,11-13,15H2,1-6H3,(H2,27,31)(H,28,32)(H,29,34). The Morgan fingerprint density at radius 2 is 1.80 bits per heavy atom. The minimum atomic E-state index is -1.25. The Hall–Kier alpha value is -3.10. The zero-order valence-electron chi connectivity index (χ0n) is 21.8. The normalized spacial score (nSPS) is 15.0. The second-order valence-electron chi connectivity index (χ2n) is 10.2. The zero-order chi connectivity index (χ0) is 26.3. The fourth-order valence-corrected chi connectivity index (χ4v) is 3.76. The molecule has 9 nitrogen and oxygen atoms in total. The molecule has 0 aliphatic heterocycles. The third-order valence-electron chi connectivity index (χ3n) is 5.79. The van der Waals surface area contributed by atoms with Crippen LogP contribution in [0.3, 0.4) is 0 Å². The molecule has 9 heteroatoms. The number of carbonyl (C=O) groups excluding carboxylic acids is 4. The molecular weight excluding hydrogens is 448 g/mol. The third kappa shape index (κ3) is 8.56. The number of nitrogens with two attached hydrogens (primary N) is 1. The molecule has 2 atom stereocenters. The molecular formula is C26H40N4O5. The van der Waals surface area contributed by atoms with Gasteiger partial charge < -0.3 is 26.0 Å². The van der Waals surface area contributed by atoms with Gasteiger partial charge in [-0.05, 0) is 70.6 Å². The number of benzene rings is 1. The lowest BCUT2D eigenvalue weighted by Gasteiger charge is -2.34. The summed E-state index contributed by atoms with van der Waals surface area (Å²) >= 11 is 0. The van der Waals surface area contributed by atoms with Gasteiger partial charge in [0.05, 0.1) is 6.42 Å². The van der Waals surface area contributed by atoms with E-state index in [0.717, 1.165) is 36.8 Å². The summed E-state index contributed by atoms with van der Waals surface area (Å²) in [6.45, 7) is 11.5. The Labute approximate surface area is 208 Å². The van der Waals surface area contributed by atoms with E-state index in [1.165, 1.54) is 4.90 Å². The number of hydrogen-bond donors (Lipinski definition) is 3. The van der Waals surface area contributed by atoms with Crippen molar-refractivity contribution in [2.45, 2.75) is 97.4 Å². The van der Waals surface area contributed by atoms with E-state index < -0.39 is 42.0 Å². The molecule has 35 heavy (non-hydrogen) atoms. The van der Waals surface area contributed by atoms with Crippen LogP contribution >= 0.6 is 0 Å². The number of alkyl carbamates (subject to hydrolysis) is 1. The molecule has 0 heterocycles. The van der Waals surface area contributed by atoms with E-state index >= 15 is 0 Å². The van der Waals surface area contributed by atoms with Gasteiger partial charge >= 0.3 is 6.09 Å². The second kappa shape index (κ2) is 12.0. The van der Waals surface area contributed by atoms with Gasteiger partial charge in [-0.25, -0.2) is 4.79 Å². The summed E-state index contributed by atoms with van der Waals surface area (Å²) in [5.41, 5.74) is 7.37. The van der Waals surface area contributed by atoms with E-state index in [9.17, 15) is 19.2 Å². The Morgan fingerprint density at radius 1 is 1.14 bits per heavy atom. The fraction of sp³-hybridized carbons (Fsp3) is 0.615. The first-order valence-corrected chi connectivity index (χ1v) is 12.3. The van der Waals surface area contributed by atoms with E-state index in [0.29, 0.717) is 12.1 Å². The molecule has 4 N–H and O–H groups in total. The minimum Gasteiger partial charge on any atom is -0.444 e. The van der Waals surface area contributed by atoms with Crippen molar-refractivity contribution in [1.29, 1.82) is 0 Å². The summed E-state index contributed by atoms with van der Waals surface area (Å²) in [5, 5.41) is 5.45. The van der Waals surface area contributed by atoms with Crippen molar-refractivity contribution in [3.8, 4) is 0 Å². The maximum Gasteiger partial charge on any atom is 0.408 e.